The summed E-state index contributed by atoms with van der Waals surface area (Å²) in [5, 5.41) is -5.12. The summed E-state index contributed by atoms with van der Waals surface area (Å²) in [5.74, 6) is 2.12. The number of fused-ring (bicyclic) bond motifs is 5. The quantitative estimate of drug-likeness (QED) is 0.232. The van der Waals surface area contributed by atoms with E-state index in [1.54, 1.807) is 0 Å². The Morgan fingerprint density at radius 1 is 0.950 bits per heavy atom. The van der Waals surface area contributed by atoms with Crippen molar-refractivity contribution in [3.63, 3.8) is 0 Å². The van der Waals surface area contributed by atoms with Crippen molar-refractivity contribution in [2.45, 2.75) is 109 Å². The van der Waals surface area contributed by atoms with Crippen LogP contribution in [0.15, 0.2) is 0 Å². The van der Waals surface area contributed by atoms with Crippen LogP contribution in [0.3, 0.4) is 0 Å². The van der Waals surface area contributed by atoms with E-state index in [4.69, 9.17) is 9.29 Å². The maximum Gasteiger partial charge on any atom is 0.403 e. The number of carbonyl (C=O) groups is 2. The Morgan fingerprint density at radius 3 is 2.35 bits per heavy atom. The van der Waals surface area contributed by atoms with Gasteiger partial charge in [0.05, 0.1) is 0 Å². The zero-order chi connectivity index (χ0) is 29.5. The Labute approximate surface area is 236 Å². The summed E-state index contributed by atoms with van der Waals surface area (Å²) in [5.41, 5.74) is 0.763. The summed E-state index contributed by atoms with van der Waals surface area (Å²) in [7, 11) is -6.01. The van der Waals surface area contributed by atoms with Crippen molar-refractivity contribution in [1.82, 2.24) is 0 Å². The molecule has 4 aliphatic carbocycles. The van der Waals surface area contributed by atoms with Crippen LogP contribution in [-0.2, 0) is 29.2 Å². The first-order chi connectivity index (χ1) is 18.6. The molecule has 0 saturated heterocycles. The van der Waals surface area contributed by atoms with Gasteiger partial charge in [-0.1, -0.05) is 33.6 Å². The third-order valence-corrected chi connectivity index (χ3v) is 12.5. The van der Waals surface area contributed by atoms with Crippen molar-refractivity contribution in [1.29, 1.82) is 0 Å². The van der Waals surface area contributed by atoms with E-state index in [1.165, 1.54) is 57.8 Å². The molecular formula is C29H45F3O7S. The summed E-state index contributed by atoms with van der Waals surface area (Å²) in [6, 6.07) is 0. The number of esters is 2. The maximum absolute atomic E-state index is 13.5. The molecular weight excluding hydrogens is 549 g/mol. The molecule has 1 unspecified atom stereocenters. The first-order valence-corrected chi connectivity index (χ1v) is 16.4. The molecule has 230 valence electrons. The Hall–Kier alpha value is -1.36. The van der Waals surface area contributed by atoms with Gasteiger partial charge in [0.15, 0.2) is 6.61 Å². The molecule has 40 heavy (non-hydrogen) atoms. The van der Waals surface area contributed by atoms with E-state index in [9.17, 15) is 31.2 Å². The lowest BCUT2D eigenvalue weighted by Gasteiger charge is -2.61. The molecule has 4 fully saturated rings. The van der Waals surface area contributed by atoms with E-state index >= 15 is 0 Å². The second-order valence-electron chi connectivity index (χ2n) is 13.5. The van der Waals surface area contributed by atoms with Gasteiger partial charge in [0.1, 0.15) is 6.61 Å². The van der Waals surface area contributed by atoms with Crippen LogP contribution in [0.4, 0.5) is 13.2 Å². The van der Waals surface area contributed by atoms with Gasteiger partial charge in [-0.3, -0.25) is 9.35 Å². The summed E-state index contributed by atoms with van der Waals surface area (Å²) >= 11 is 0. The van der Waals surface area contributed by atoms with Crippen molar-refractivity contribution in [2.24, 2.45) is 46.3 Å². The van der Waals surface area contributed by atoms with Gasteiger partial charge in [0.2, 0.25) is 6.17 Å². The molecule has 0 spiro atoms. The molecule has 9 atom stereocenters. The molecule has 1 N–H and O–H groups in total. The molecule has 0 heterocycles. The van der Waals surface area contributed by atoms with E-state index < -0.39 is 46.7 Å². The van der Waals surface area contributed by atoms with Crippen LogP contribution >= 0.6 is 0 Å². The minimum Gasteiger partial charge on any atom is -0.460 e. The number of halogens is 3. The fraction of sp³-hybridized carbons (Fsp3) is 0.931. The largest absolute Gasteiger partial charge is 0.460 e. The van der Waals surface area contributed by atoms with Crippen LogP contribution in [0.1, 0.15) is 97.8 Å². The Morgan fingerprint density at radius 2 is 1.65 bits per heavy atom. The summed E-state index contributed by atoms with van der Waals surface area (Å²) < 4.78 is 78.5. The molecule has 0 amide bonds. The number of hydrogen-bond acceptors (Lipinski definition) is 6. The van der Waals surface area contributed by atoms with E-state index in [2.05, 4.69) is 25.5 Å². The van der Waals surface area contributed by atoms with Gasteiger partial charge in [-0.15, -0.1) is 0 Å². The first kappa shape index (κ1) is 31.6. The van der Waals surface area contributed by atoms with Crippen molar-refractivity contribution in [3.05, 3.63) is 0 Å². The summed E-state index contributed by atoms with van der Waals surface area (Å²) in [6.07, 6.45) is 10.4. The summed E-state index contributed by atoms with van der Waals surface area (Å²) in [6.45, 7) is 4.72. The molecule has 4 saturated carbocycles. The SMILES string of the molecule is C[C@H](CCC(=O)OCC(=O)OCC(F)C(F)(F)S(=O)(=O)O)[C@H]1CC[C@H]2[C@@H]3CC[C@@H]4CCCC[C@]4(C)[C@H]3CC[C@]12C. The van der Waals surface area contributed by atoms with Gasteiger partial charge in [0.25, 0.3) is 0 Å². The van der Waals surface area contributed by atoms with Gasteiger partial charge in [-0.05, 0) is 104 Å². The highest BCUT2D eigenvalue weighted by Crippen LogP contribution is 2.68. The average molecular weight is 595 g/mol. The smallest absolute Gasteiger partial charge is 0.403 e. The van der Waals surface area contributed by atoms with Crippen LogP contribution in [0, 0.1) is 46.3 Å². The fourth-order valence-corrected chi connectivity index (χ4v) is 9.89. The molecule has 4 rings (SSSR count). The number of rotatable bonds is 10. The second kappa shape index (κ2) is 11.7. The third kappa shape index (κ3) is 5.92. The lowest BCUT2D eigenvalue weighted by atomic mass is 9.44. The third-order valence-electron chi connectivity index (χ3n) is 11.6. The molecule has 0 aliphatic heterocycles. The normalized spacial score (nSPS) is 37.4. The predicted molar refractivity (Wildman–Crippen MR) is 142 cm³/mol. The van der Waals surface area contributed by atoms with Gasteiger partial charge in [-0.2, -0.15) is 17.2 Å². The molecule has 0 aromatic rings. The lowest BCUT2D eigenvalue weighted by Crippen LogP contribution is -2.53. The maximum atomic E-state index is 13.5. The van der Waals surface area contributed by atoms with Gasteiger partial charge < -0.3 is 9.47 Å². The minimum absolute atomic E-state index is 0.0874. The average Bonchev–Trinajstić information content (AvgIpc) is 3.25. The summed E-state index contributed by atoms with van der Waals surface area (Å²) in [4.78, 5) is 24.0. The highest BCUT2D eigenvalue weighted by molar-refractivity contribution is 7.86. The van der Waals surface area contributed by atoms with Crippen molar-refractivity contribution in [2.75, 3.05) is 13.2 Å². The molecule has 0 radical (unpaired) electrons. The number of ether oxygens (including phenoxy) is 2. The first-order valence-electron chi connectivity index (χ1n) is 14.9. The number of alkyl halides is 3. The van der Waals surface area contributed by atoms with Crippen molar-refractivity contribution in [3.8, 4) is 0 Å². The van der Waals surface area contributed by atoms with E-state index in [0.717, 1.165) is 30.1 Å². The molecule has 4 aliphatic rings. The van der Waals surface area contributed by atoms with E-state index in [0.29, 0.717) is 23.7 Å². The van der Waals surface area contributed by atoms with Crippen LogP contribution in [0.25, 0.3) is 0 Å². The Kier molecular flexibility index (Phi) is 9.26. The molecule has 0 aromatic heterocycles. The lowest BCUT2D eigenvalue weighted by molar-refractivity contribution is -0.161. The predicted octanol–water partition coefficient (Wildman–Crippen LogP) is 6.36. The Bertz CT molecular complexity index is 1050. The van der Waals surface area contributed by atoms with Crippen LogP contribution in [-0.4, -0.2) is 49.5 Å². The van der Waals surface area contributed by atoms with Gasteiger partial charge >= 0.3 is 27.3 Å². The molecule has 0 aromatic carbocycles. The highest BCUT2D eigenvalue weighted by atomic mass is 32.2. The Balaban J connectivity index is 1.23. The standard InChI is InChI=1S/C29H45F3O7S/c1-18(7-12-25(33)39-17-26(34)38-16-24(30)29(31,32)40(35,36)37)21-10-11-22-20-9-8-19-6-4-5-14-27(19,2)23(20)13-15-28(21,22)3/h18-24H,4-17H2,1-3H3,(H,35,36,37)/t18-,19+,20+,21-,22+,23+,24?,27+,28-/m1/s1. The van der Waals surface area contributed by atoms with Crippen LogP contribution in [0.5, 0.6) is 0 Å². The number of hydrogen-bond donors (Lipinski definition) is 1. The molecule has 7 nitrogen and oxygen atoms in total. The fourth-order valence-electron chi connectivity index (χ4n) is 9.50. The second-order valence-corrected chi connectivity index (χ2v) is 15.0. The van der Waals surface area contributed by atoms with E-state index in [1.807, 2.05) is 0 Å². The van der Waals surface area contributed by atoms with Crippen LogP contribution in [0.2, 0.25) is 0 Å². The van der Waals surface area contributed by atoms with Gasteiger partial charge in [-0.25, -0.2) is 9.18 Å². The highest BCUT2D eigenvalue weighted by Gasteiger charge is 2.60. The van der Waals surface area contributed by atoms with E-state index in [-0.39, 0.29) is 11.8 Å². The molecule has 0 bridgehead atoms. The number of carbonyl (C=O) groups excluding carboxylic acids is 2. The minimum atomic E-state index is -6.01. The molecule has 11 heteroatoms. The van der Waals surface area contributed by atoms with Crippen molar-refractivity contribution < 1.29 is 45.2 Å². The zero-order valence-electron chi connectivity index (χ0n) is 23.9. The van der Waals surface area contributed by atoms with Gasteiger partial charge in [0, 0.05) is 6.42 Å². The van der Waals surface area contributed by atoms with Crippen LogP contribution < -0.4 is 0 Å². The topological polar surface area (TPSA) is 107 Å². The monoisotopic (exact) mass is 594 g/mol. The van der Waals surface area contributed by atoms with Crippen molar-refractivity contribution >= 4 is 22.1 Å². The zero-order valence-corrected chi connectivity index (χ0v) is 24.7.